The molecule has 156 valence electrons. The van der Waals surface area contributed by atoms with Crippen LogP contribution in [0.5, 0.6) is 0 Å². The molecule has 2 aromatic rings. The van der Waals surface area contributed by atoms with Gasteiger partial charge < -0.3 is 11.1 Å². The molecule has 0 radical (unpaired) electrons. The lowest BCUT2D eigenvalue weighted by Gasteiger charge is -2.17. The Morgan fingerprint density at radius 3 is 2.66 bits per heavy atom. The number of sulfonamides is 1. The number of halogens is 2. The summed E-state index contributed by atoms with van der Waals surface area (Å²) in [6.45, 7) is 1.10. The van der Waals surface area contributed by atoms with Gasteiger partial charge in [0.15, 0.2) is 11.5 Å². The summed E-state index contributed by atoms with van der Waals surface area (Å²) in [5.41, 5.74) is 6.80. The third-order valence-corrected chi connectivity index (χ3v) is 7.26. The van der Waals surface area contributed by atoms with E-state index in [0.29, 0.717) is 36.4 Å². The van der Waals surface area contributed by atoms with E-state index in [2.05, 4.69) is 36.6 Å². The number of fused-ring (bicyclic) bond motifs is 1. The predicted molar refractivity (Wildman–Crippen MR) is 109 cm³/mol. The minimum atomic E-state index is -3.15. The number of hydrogen-bond acceptors (Lipinski definition) is 7. The highest BCUT2D eigenvalue weighted by Gasteiger charge is 2.43. The van der Waals surface area contributed by atoms with Crippen LogP contribution < -0.4 is 11.1 Å². The highest BCUT2D eigenvalue weighted by atomic mass is 79.9. The molecule has 1 aromatic heterocycles. The highest BCUT2D eigenvalue weighted by molar-refractivity contribution is 9.10. The zero-order valence-corrected chi connectivity index (χ0v) is 18.0. The number of anilines is 1. The Kier molecular flexibility index (Phi) is 5.34. The summed E-state index contributed by atoms with van der Waals surface area (Å²) in [5, 5.41) is 11.0. The van der Waals surface area contributed by atoms with E-state index in [1.807, 2.05) is 0 Å². The van der Waals surface area contributed by atoms with Crippen molar-refractivity contribution in [2.75, 3.05) is 24.7 Å². The number of rotatable bonds is 5. The van der Waals surface area contributed by atoms with Crippen molar-refractivity contribution in [3.63, 3.8) is 0 Å². The molecule has 2 heterocycles. The van der Waals surface area contributed by atoms with Gasteiger partial charge in [-0.2, -0.15) is 0 Å². The van der Waals surface area contributed by atoms with Crippen LogP contribution in [0.1, 0.15) is 18.5 Å². The quantitative estimate of drug-likeness (QED) is 0.489. The molecule has 1 saturated heterocycles. The van der Waals surface area contributed by atoms with Gasteiger partial charge in [0, 0.05) is 19.1 Å². The second-order valence-corrected chi connectivity index (χ2v) is 10.3. The van der Waals surface area contributed by atoms with Crippen LogP contribution in [0.4, 0.5) is 15.9 Å². The van der Waals surface area contributed by atoms with Crippen LogP contribution in [-0.4, -0.2) is 54.3 Å². The number of amidine groups is 1. The van der Waals surface area contributed by atoms with Gasteiger partial charge in [0.1, 0.15) is 5.82 Å². The Labute approximate surface area is 175 Å². The van der Waals surface area contributed by atoms with E-state index >= 15 is 0 Å². The third kappa shape index (κ3) is 4.28. The van der Waals surface area contributed by atoms with Crippen molar-refractivity contribution in [2.45, 2.75) is 18.9 Å². The summed E-state index contributed by atoms with van der Waals surface area (Å²) in [7, 11) is -3.15. The van der Waals surface area contributed by atoms with Crippen LogP contribution in [0, 0.1) is 17.7 Å². The maximum atomic E-state index is 13.4. The molecule has 29 heavy (non-hydrogen) atoms. The standard InChI is InChI=1S/C17H20BrFN6O3S/c1-29(26,27)25-7-9-4-12(5-10(9)8-25)22-17-15(23-28-24-17)16(20)21-11-2-3-14(19)13(18)6-11/h2-3,6,9-10,12H,4-5,7-8H2,1H3,(H2,20,21)(H,22,24). The zero-order chi connectivity index (χ0) is 20.8. The predicted octanol–water partition coefficient (Wildman–Crippen LogP) is 2.09. The van der Waals surface area contributed by atoms with E-state index in [9.17, 15) is 12.8 Å². The third-order valence-electron chi connectivity index (χ3n) is 5.41. The number of hydrogen-bond donors (Lipinski definition) is 2. The van der Waals surface area contributed by atoms with Gasteiger partial charge >= 0.3 is 0 Å². The largest absolute Gasteiger partial charge is 0.382 e. The number of nitrogens with zero attached hydrogens (tertiary/aromatic N) is 4. The lowest BCUT2D eigenvalue weighted by molar-refractivity contribution is 0.307. The van der Waals surface area contributed by atoms with E-state index in [4.69, 9.17) is 10.4 Å². The summed E-state index contributed by atoms with van der Waals surface area (Å²) in [6.07, 6.45) is 2.90. The molecule has 2 fully saturated rings. The SMILES string of the molecule is CS(=O)(=O)N1CC2CC(Nc3nonc3C(N)=Nc3ccc(F)c(Br)c3)CC2C1. The van der Waals surface area contributed by atoms with E-state index < -0.39 is 15.8 Å². The van der Waals surface area contributed by atoms with Crippen LogP contribution in [0.2, 0.25) is 0 Å². The van der Waals surface area contributed by atoms with Gasteiger partial charge in [0.2, 0.25) is 15.8 Å². The molecular formula is C17H20BrFN6O3S. The van der Waals surface area contributed by atoms with Gasteiger partial charge in [-0.25, -0.2) is 26.7 Å². The fourth-order valence-corrected chi connectivity index (χ4v) is 5.33. The van der Waals surface area contributed by atoms with Crippen molar-refractivity contribution < 1.29 is 17.4 Å². The van der Waals surface area contributed by atoms with Crippen LogP contribution in [0.3, 0.4) is 0 Å². The summed E-state index contributed by atoms with van der Waals surface area (Å²) < 4.78 is 43.5. The van der Waals surface area contributed by atoms with Crippen LogP contribution >= 0.6 is 15.9 Å². The number of benzene rings is 1. The Bertz CT molecular complexity index is 1050. The van der Waals surface area contributed by atoms with Gasteiger partial charge in [-0.3, -0.25) is 0 Å². The first kappa shape index (κ1) is 20.2. The Balaban J connectivity index is 1.44. The number of nitrogens with one attached hydrogen (secondary N) is 1. The molecule has 4 rings (SSSR count). The van der Waals surface area contributed by atoms with Crippen LogP contribution in [-0.2, 0) is 10.0 Å². The van der Waals surface area contributed by atoms with E-state index in [0.717, 1.165) is 12.8 Å². The van der Waals surface area contributed by atoms with Crippen molar-refractivity contribution in [3.05, 3.63) is 34.2 Å². The zero-order valence-electron chi connectivity index (χ0n) is 15.5. The molecule has 2 unspecified atom stereocenters. The molecule has 1 saturated carbocycles. The number of aromatic nitrogens is 2. The normalized spacial score (nSPS) is 25.3. The molecule has 2 aliphatic rings. The fourth-order valence-electron chi connectivity index (χ4n) is 4.04. The summed E-state index contributed by atoms with van der Waals surface area (Å²) in [4.78, 5) is 4.25. The van der Waals surface area contributed by atoms with Gasteiger partial charge in [-0.1, -0.05) is 0 Å². The molecular weight excluding hydrogens is 467 g/mol. The van der Waals surface area contributed by atoms with Crippen molar-refractivity contribution in [2.24, 2.45) is 22.6 Å². The van der Waals surface area contributed by atoms with Crippen LogP contribution in [0.15, 0.2) is 32.3 Å². The van der Waals surface area contributed by atoms with E-state index in [-0.39, 0.29) is 22.0 Å². The minimum Gasteiger partial charge on any atom is -0.382 e. The monoisotopic (exact) mass is 486 g/mol. The van der Waals surface area contributed by atoms with Crippen molar-refractivity contribution >= 4 is 43.3 Å². The lowest BCUT2D eigenvalue weighted by Crippen LogP contribution is -2.30. The van der Waals surface area contributed by atoms with Crippen molar-refractivity contribution in [1.82, 2.24) is 14.6 Å². The molecule has 1 aliphatic heterocycles. The topological polar surface area (TPSA) is 127 Å². The van der Waals surface area contributed by atoms with Gasteiger partial charge in [-0.05, 0) is 69.1 Å². The summed E-state index contributed by atoms with van der Waals surface area (Å²) >= 11 is 3.11. The average molecular weight is 487 g/mol. The maximum Gasteiger partial charge on any atom is 0.211 e. The molecule has 2 atom stereocenters. The van der Waals surface area contributed by atoms with Crippen molar-refractivity contribution in [3.8, 4) is 0 Å². The molecule has 9 nitrogen and oxygen atoms in total. The lowest BCUT2D eigenvalue weighted by atomic mass is 10.0. The highest BCUT2D eigenvalue weighted by Crippen LogP contribution is 2.40. The summed E-state index contributed by atoms with van der Waals surface area (Å²) in [5.74, 6) is 0.710. The van der Waals surface area contributed by atoms with Crippen LogP contribution in [0.25, 0.3) is 0 Å². The number of aliphatic imine (C=N–C) groups is 1. The first-order valence-corrected chi connectivity index (χ1v) is 11.7. The maximum absolute atomic E-state index is 13.4. The fraction of sp³-hybridized carbons (Fsp3) is 0.471. The molecule has 0 amide bonds. The number of nitrogens with two attached hydrogens (primary N) is 1. The second-order valence-electron chi connectivity index (χ2n) is 7.47. The van der Waals surface area contributed by atoms with Gasteiger partial charge in [-0.15, -0.1) is 0 Å². The van der Waals surface area contributed by atoms with E-state index in [1.165, 1.54) is 24.5 Å². The molecule has 0 bridgehead atoms. The Morgan fingerprint density at radius 1 is 1.34 bits per heavy atom. The summed E-state index contributed by atoms with van der Waals surface area (Å²) in [6, 6.07) is 4.41. The first-order chi connectivity index (χ1) is 13.7. The first-order valence-electron chi connectivity index (χ1n) is 9.04. The molecule has 1 aromatic carbocycles. The van der Waals surface area contributed by atoms with Gasteiger partial charge in [0.05, 0.1) is 16.4 Å². The average Bonchev–Trinajstić information content (AvgIpc) is 3.32. The molecule has 12 heteroatoms. The van der Waals surface area contributed by atoms with Crippen molar-refractivity contribution in [1.29, 1.82) is 0 Å². The van der Waals surface area contributed by atoms with Gasteiger partial charge in [0.25, 0.3) is 0 Å². The smallest absolute Gasteiger partial charge is 0.211 e. The molecule has 3 N–H and O–H groups in total. The second kappa shape index (κ2) is 7.65. The Hall–Kier alpha value is -2.05. The molecule has 0 spiro atoms. The minimum absolute atomic E-state index is 0.0914. The Morgan fingerprint density at radius 2 is 2.03 bits per heavy atom. The molecule has 1 aliphatic carbocycles. The van der Waals surface area contributed by atoms with E-state index in [1.54, 1.807) is 4.31 Å².